The van der Waals surface area contributed by atoms with E-state index in [0.29, 0.717) is 0 Å². The van der Waals surface area contributed by atoms with Crippen molar-refractivity contribution in [2.75, 3.05) is 9.80 Å². The van der Waals surface area contributed by atoms with Gasteiger partial charge in [0.25, 0.3) is 0 Å². The van der Waals surface area contributed by atoms with Crippen molar-refractivity contribution in [2.45, 2.75) is 55.4 Å². The molecule has 0 bridgehead atoms. The van der Waals surface area contributed by atoms with E-state index >= 15 is 0 Å². The summed E-state index contributed by atoms with van der Waals surface area (Å²) in [6, 6.07) is 30.5. The van der Waals surface area contributed by atoms with Crippen LogP contribution in [0.2, 0.25) is 0 Å². The van der Waals surface area contributed by atoms with Crippen molar-refractivity contribution in [3.63, 3.8) is 0 Å². The van der Waals surface area contributed by atoms with Crippen LogP contribution in [0, 0.1) is 62.1 Å². The minimum Gasteiger partial charge on any atom is -0.656 e. The number of hydrogen-bond donors (Lipinski definition) is 0. The average Bonchev–Trinajstić information content (AvgIpc) is 3.49. The van der Waals surface area contributed by atoms with Gasteiger partial charge in [0.05, 0.1) is 0 Å². The number of hydrogen-bond acceptors (Lipinski definition) is 2. The summed E-state index contributed by atoms with van der Waals surface area (Å²) in [4.78, 5) is 9.45. The molecule has 0 amide bonds. The zero-order chi connectivity index (χ0) is 29.7. The molecule has 223 valence electrons. The number of para-hydroxylation sites is 4. The number of benzene rings is 5. The van der Waals surface area contributed by atoms with Crippen LogP contribution in [0.25, 0.3) is 21.8 Å². The second-order valence-electron chi connectivity index (χ2n) is 11.9. The molecule has 0 spiro atoms. The van der Waals surface area contributed by atoms with E-state index < -0.39 is 0 Å². The van der Waals surface area contributed by atoms with Crippen LogP contribution in [0.5, 0.6) is 0 Å². The zero-order valence-corrected chi connectivity index (χ0v) is 28.5. The fraction of sp³-hybridized carbons (Fsp3) is 0.205. The number of fused-ring (bicyclic) bond motifs is 4. The number of anilines is 4. The first-order chi connectivity index (χ1) is 20.1. The van der Waals surface area contributed by atoms with E-state index in [4.69, 9.17) is 4.98 Å². The first-order valence-corrected chi connectivity index (χ1v) is 14.7. The van der Waals surface area contributed by atoms with Gasteiger partial charge in [-0.2, -0.15) is 0 Å². The topological polar surface area (TPSA) is 20.6 Å². The van der Waals surface area contributed by atoms with Gasteiger partial charge in [0, 0.05) is 45.1 Å². The van der Waals surface area contributed by atoms with Crippen molar-refractivity contribution in [1.82, 2.24) is 4.98 Å². The van der Waals surface area contributed by atoms with Gasteiger partial charge in [-0.1, -0.05) is 95.1 Å². The monoisotopic (exact) mass is 746 g/mol. The van der Waals surface area contributed by atoms with E-state index in [0.717, 1.165) is 11.0 Å². The first kappa shape index (κ1) is 30.7. The molecule has 1 aliphatic rings. The van der Waals surface area contributed by atoms with Crippen LogP contribution in [0.1, 0.15) is 44.5 Å². The molecule has 1 radical (unpaired) electrons. The summed E-state index contributed by atoms with van der Waals surface area (Å²) in [6.45, 7) is 19.5. The van der Waals surface area contributed by atoms with Crippen LogP contribution in [0.4, 0.5) is 22.7 Å². The molecule has 6 aromatic rings. The van der Waals surface area contributed by atoms with Crippen molar-refractivity contribution in [3.8, 4) is 0 Å². The third-order valence-corrected chi connectivity index (χ3v) is 8.40. The molecule has 3 nitrogen and oxygen atoms in total. The van der Waals surface area contributed by atoms with E-state index in [1.807, 2.05) is 0 Å². The minimum atomic E-state index is 0. The average molecular weight is 747 g/mol. The smallest absolute Gasteiger partial charge is 0.0345 e. The Morgan fingerprint density at radius 1 is 0.465 bits per heavy atom. The van der Waals surface area contributed by atoms with Crippen molar-refractivity contribution in [3.05, 3.63) is 136 Å². The van der Waals surface area contributed by atoms with Crippen molar-refractivity contribution in [1.29, 1.82) is 0 Å². The molecule has 0 fully saturated rings. The molecule has 0 aliphatic carbocycles. The van der Waals surface area contributed by atoms with Gasteiger partial charge in [-0.3, -0.25) is 0 Å². The van der Waals surface area contributed by atoms with E-state index in [1.165, 1.54) is 78.0 Å². The maximum atomic E-state index is 4.80. The third kappa shape index (κ3) is 5.54. The predicted molar refractivity (Wildman–Crippen MR) is 181 cm³/mol. The maximum Gasteiger partial charge on any atom is 0.0345 e. The SMILES string of the molecule is Cc1cc(C)c2[n-]c3c(C)cc(C)cc3c2c1.Cc1cccc(C)c1N1[CH-]N(c2c(C)cccc2C)c2ccccc21.[Au]. The molecule has 0 unspecified atom stereocenters. The van der Waals surface area contributed by atoms with Gasteiger partial charge in [-0.05, 0) is 101 Å². The van der Waals surface area contributed by atoms with Crippen LogP contribution < -0.4 is 14.8 Å². The van der Waals surface area contributed by atoms with Crippen LogP contribution >= 0.6 is 0 Å². The van der Waals surface area contributed by atoms with Crippen molar-refractivity contribution >= 4 is 44.6 Å². The minimum absolute atomic E-state index is 0. The fourth-order valence-electron chi connectivity index (χ4n) is 6.58. The molecule has 1 aromatic heterocycles. The predicted octanol–water partition coefficient (Wildman–Crippen LogP) is 10.5. The van der Waals surface area contributed by atoms with E-state index in [9.17, 15) is 0 Å². The molecule has 0 atom stereocenters. The maximum absolute atomic E-state index is 4.80. The molecule has 0 N–H and O–H groups in total. The Kier molecular flexibility index (Phi) is 8.63. The number of aryl methyl sites for hydroxylation is 8. The summed E-state index contributed by atoms with van der Waals surface area (Å²) in [6.07, 6.45) is 0. The number of aromatic nitrogens is 1. The largest absolute Gasteiger partial charge is 0.656 e. The second kappa shape index (κ2) is 12.1. The van der Waals surface area contributed by atoms with E-state index in [-0.39, 0.29) is 22.4 Å². The Labute approximate surface area is 272 Å². The normalized spacial score (nSPS) is 12.3. The van der Waals surface area contributed by atoms with Crippen LogP contribution in [0.3, 0.4) is 0 Å². The molecule has 0 saturated carbocycles. The number of rotatable bonds is 2. The Hall–Kier alpha value is -3.76. The Morgan fingerprint density at radius 3 is 1.21 bits per heavy atom. The molecule has 4 heteroatoms. The first-order valence-electron chi connectivity index (χ1n) is 14.7. The standard InChI is InChI=1S/C23H23N2.C16H16N.Au/c1-16-9-7-10-17(2)22(16)24-15-25(21-14-6-5-13-20(21)24)23-18(3)11-8-12-19(23)4;1-9-5-11(3)15-13(7-9)14-8-10(2)6-12(4)16(14)17-15;/h5-15H,1-4H3;5-8H,1-4H3;/q2*-1;. The molecule has 7 rings (SSSR count). The van der Waals surface area contributed by atoms with Crippen LogP contribution in [-0.2, 0) is 22.4 Å². The molecular formula is C39H39AuN3-2. The summed E-state index contributed by atoms with van der Waals surface area (Å²) >= 11 is 0. The molecule has 43 heavy (non-hydrogen) atoms. The summed E-state index contributed by atoms with van der Waals surface area (Å²) in [5.41, 5.74) is 17.6. The molecular weight excluding hydrogens is 707 g/mol. The molecule has 5 aromatic carbocycles. The van der Waals surface area contributed by atoms with Crippen LogP contribution in [-0.4, -0.2) is 0 Å². The van der Waals surface area contributed by atoms with Gasteiger partial charge in [0.2, 0.25) is 0 Å². The summed E-state index contributed by atoms with van der Waals surface area (Å²) < 4.78 is 0. The van der Waals surface area contributed by atoms with Gasteiger partial charge in [-0.15, -0.1) is 17.7 Å². The van der Waals surface area contributed by atoms with Gasteiger partial charge < -0.3 is 14.8 Å². The zero-order valence-electron chi connectivity index (χ0n) is 26.3. The quantitative estimate of drug-likeness (QED) is 0.130. The van der Waals surface area contributed by atoms with Crippen LogP contribution in [0.15, 0.2) is 84.9 Å². The Morgan fingerprint density at radius 2 is 0.837 bits per heavy atom. The van der Waals surface area contributed by atoms with Gasteiger partial charge in [-0.25, -0.2) is 0 Å². The summed E-state index contributed by atoms with van der Waals surface area (Å²) in [7, 11) is 0. The van der Waals surface area contributed by atoms with Gasteiger partial charge in [0.15, 0.2) is 0 Å². The summed E-state index contributed by atoms with van der Waals surface area (Å²) in [5, 5.41) is 2.59. The fourth-order valence-corrected chi connectivity index (χ4v) is 6.58. The summed E-state index contributed by atoms with van der Waals surface area (Å²) in [5.74, 6) is 0. The van der Waals surface area contributed by atoms with Gasteiger partial charge >= 0.3 is 0 Å². The Balaban J connectivity index is 0.000000179. The second-order valence-corrected chi connectivity index (χ2v) is 11.9. The van der Waals surface area contributed by atoms with E-state index in [1.54, 1.807) is 0 Å². The Bertz CT molecular complexity index is 1790. The molecule has 2 heterocycles. The number of nitrogens with zero attached hydrogens (tertiary/aromatic N) is 3. The third-order valence-electron chi connectivity index (χ3n) is 8.40. The van der Waals surface area contributed by atoms with Gasteiger partial charge in [0.1, 0.15) is 0 Å². The molecule has 0 saturated heterocycles. The van der Waals surface area contributed by atoms with Crippen molar-refractivity contribution < 1.29 is 22.4 Å². The molecule has 1 aliphatic heterocycles. The van der Waals surface area contributed by atoms with E-state index in [2.05, 4.69) is 157 Å². The van der Waals surface area contributed by atoms with Crippen molar-refractivity contribution in [2.24, 2.45) is 0 Å².